The van der Waals surface area contributed by atoms with Crippen LogP contribution in [-0.2, 0) is 16.0 Å². The van der Waals surface area contributed by atoms with E-state index in [2.05, 4.69) is 0 Å². The highest BCUT2D eigenvalue weighted by Gasteiger charge is 2.29. The molecule has 7 nitrogen and oxygen atoms in total. The van der Waals surface area contributed by atoms with E-state index in [1.165, 1.54) is 6.92 Å². The molecule has 0 saturated heterocycles. The van der Waals surface area contributed by atoms with E-state index in [-0.39, 0.29) is 0 Å². The normalized spacial score (nSPS) is 14.8. The number of primary amides is 1. The van der Waals surface area contributed by atoms with Crippen molar-refractivity contribution in [3.8, 4) is 0 Å². The van der Waals surface area contributed by atoms with Gasteiger partial charge in [-0.05, 0) is 60.7 Å². The number of hydrogen-bond acceptors (Lipinski definition) is 5. The van der Waals surface area contributed by atoms with Crippen molar-refractivity contribution in [2.75, 3.05) is 0 Å². The number of nitrogens with two attached hydrogens (primary N) is 1. The molecule has 0 radical (unpaired) electrons. The van der Waals surface area contributed by atoms with Gasteiger partial charge in [-0.25, -0.2) is 14.6 Å². The molecule has 8 heteroatoms. The summed E-state index contributed by atoms with van der Waals surface area (Å²) in [6.45, 7) is 1.38. The van der Waals surface area contributed by atoms with Gasteiger partial charge in [-0.1, -0.05) is 41.9 Å². The highest BCUT2D eigenvalue weighted by Crippen LogP contribution is 2.38. The Bertz CT molecular complexity index is 1270. The van der Waals surface area contributed by atoms with Crippen LogP contribution in [0.5, 0.6) is 0 Å². The fraction of sp³-hybridized carbons (Fsp3) is 0.167. The molecule has 2 aromatic carbocycles. The van der Waals surface area contributed by atoms with Gasteiger partial charge in [0.05, 0.1) is 16.8 Å². The van der Waals surface area contributed by atoms with Gasteiger partial charge in [0.2, 0.25) is 0 Å². The van der Waals surface area contributed by atoms with E-state index in [1.807, 2.05) is 53.9 Å². The Morgan fingerprint density at radius 2 is 1.84 bits per heavy atom. The summed E-state index contributed by atoms with van der Waals surface area (Å²) in [5.41, 5.74) is 9.49. The first-order valence-corrected chi connectivity index (χ1v) is 10.4. The topological polar surface area (TPSA) is 111 Å². The summed E-state index contributed by atoms with van der Waals surface area (Å²) in [5, 5.41) is 3.22. The monoisotopic (exact) mass is 449 g/mol. The molecular formula is C24H20ClN3O4. The number of amides is 3. The molecule has 3 N–H and O–H groups in total. The van der Waals surface area contributed by atoms with Gasteiger partial charge in [-0.2, -0.15) is 0 Å². The summed E-state index contributed by atoms with van der Waals surface area (Å²) in [4.78, 5) is 40.9. The molecule has 0 spiro atoms. The summed E-state index contributed by atoms with van der Waals surface area (Å²) in [6.07, 6.45) is 2.16. The largest absolute Gasteiger partial charge is 0.449 e. The number of rotatable bonds is 4. The van der Waals surface area contributed by atoms with Crippen molar-refractivity contribution in [1.82, 2.24) is 10.3 Å². The van der Waals surface area contributed by atoms with E-state index in [1.54, 1.807) is 6.07 Å². The minimum Gasteiger partial charge on any atom is -0.449 e. The molecule has 1 unspecified atom stereocenters. The van der Waals surface area contributed by atoms with E-state index in [0.29, 0.717) is 34.3 Å². The molecule has 0 bridgehead atoms. The minimum absolute atomic E-state index is 0.379. The van der Waals surface area contributed by atoms with Gasteiger partial charge in [0, 0.05) is 10.4 Å². The van der Waals surface area contributed by atoms with Gasteiger partial charge in [-0.3, -0.25) is 10.1 Å². The van der Waals surface area contributed by atoms with Crippen LogP contribution in [0.3, 0.4) is 0 Å². The van der Waals surface area contributed by atoms with Gasteiger partial charge < -0.3 is 10.5 Å². The standard InChI is InChI=1S/C24H20ClN3O4/c1-13(22(29)28-24(26)31)32-23(30)20-17-4-2-3-5-19(17)27-21-15(8-11-18(20)21)12-14-6-9-16(25)10-7-14/h2-7,9-10,12-13H,8,11H2,1H3,(H3,26,28,29,31)/b15-12+. The summed E-state index contributed by atoms with van der Waals surface area (Å²) in [6, 6.07) is 13.8. The van der Waals surface area contributed by atoms with Crippen LogP contribution in [0.15, 0.2) is 48.5 Å². The zero-order valence-corrected chi connectivity index (χ0v) is 18.0. The predicted molar refractivity (Wildman–Crippen MR) is 122 cm³/mol. The first kappa shape index (κ1) is 21.5. The second-order valence-corrected chi connectivity index (χ2v) is 7.89. The predicted octanol–water partition coefficient (Wildman–Crippen LogP) is 4.12. The van der Waals surface area contributed by atoms with Crippen molar-refractivity contribution in [3.05, 3.63) is 75.9 Å². The number of urea groups is 1. The number of hydrogen-bond donors (Lipinski definition) is 2. The van der Waals surface area contributed by atoms with E-state index in [0.717, 1.165) is 22.4 Å². The quantitative estimate of drug-likeness (QED) is 0.582. The second-order valence-electron chi connectivity index (χ2n) is 7.45. The molecule has 0 fully saturated rings. The molecule has 1 aromatic heterocycles. The van der Waals surface area contributed by atoms with Gasteiger partial charge >= 0.3 is 12.0 Å². The maximum Gasteiger partial charge on any atom is 0.339 e. The number of aromatic nitrogens is 1. The Labute approximate surface area is 189 Å². The summed E-state index contributed by atoms with van der Waals surface area (Å²) in [5.74, 6) is -1.44. The lowest BCUT2D eigenvalue weighted by Crippen LogP contribution is -2.42. The number of pyridine rings is 1. The lowest BCUT2D eigenvalue weighted by molar-refractivity contribution is -0.127. The third-order valence-electron chi connectivity index (χ3n) is 5.26. The first-order valence-electron chi connectivity index (χ1n) is 10.0. The average Bonchev–Trinajstić information content (AvgIpc) is 3.15. The van der Waals surface area contributed by atoms with Gasteiger partial charge in [0.15, 0.2) is 6.10 Å². The van der Waals surface area contributed by atoms with E-state index in [4.69, 9.17) is 27.1 Å². The van der Waals surface area contributed by atoms with E-state index in [9.17, 15) is 14.4 Å². The molecule has 1 aliphatic carbocycles. The number of nitrogens with zero attached hydrogens (tertiary/aromatic N) is 1. The van der Waals surface area contributed by atoms with Gasteiger partial charge in [-0.15, -0.1) is 0 Å². The molecular weight excluding hydrogens is 430 g/mol. The molecule has 1 aliphatic rings. The van der Waals surface area contributed by atoms with Crippen LogP contribution in [0, 0.1) is 0 Å². The van der Waals surface area contributed by atoms with Crippen molar-refractivity contribution in [3.63, 3.8) is 0 Å². The Morgan fingerprint density at radius 3 is 2.56 bits per heavy atom. The number of carbonyl (C=O) groups excluding carboxylic acids is 3. The Morgan fingerprint density at radius 1 is 1.12 bits per heavy atom. The van der Waals surface area contributed by atoms with Crippen LogP contribution in [0.4, 0.5) is 4.79 Å². The average molecular weight is 450 g/mol. The van der Waals surface area contributed by atoms with Crippen molar-refractivity contribution in [1.29, 1.82) is 0 Å². The Hall–Kier alpha value is -3.71. The number of para-hydroxylation sites is 1. The molecule has 0 aliphatic heterocycles. The number of ether oxygens (including phenoxy) is 1. The Kier molecular flexibility index (Phi) is 5.92. The van der Waals surface area contributed by atoms with Crippen LogP contribution in [0.25, 0.3) is 22.6 Å². The van der Waals surface area contributed by atoms with Crippen molar-refractivity contribution in [2.24, 2.45) is 5.73 Å². The highest BCUT2D eigenvalue weighted by molar-refractivity contribution is 6.30. The minimum atomic E-state index is -1.19. The number of imide groups is 1. The van der Waals surface area contributed by atoms with Gasteiger partial charge in [0.25, 0.3) is 5.91 Å². The highest BCUT2D eigenvalue weighted by atomic mass is 35.5. The second kappa shape index (κ2) is 8.80. The third-order valence-corrected chi connectivity index (χ3v) is 5.51. The molecule has 32 heavy (non-hydrogen) atoms. The molecule has 3 aromatic rings. The van der Waals surface area contributed by atoms with Crippen molar-refractivity contribution < 1.29 is 19.1 Å². The number of nitrogens with one attached hydrogen (secondary N) is 1. The van der Waals surface area contributed by atoms with Crippen LogP contribution >= 0.6 is 11.6 Å². The number of halogens is 1. The molecule has 1 atom stereocenters. The smallest absolute Gasteiger partial charge is 0.339 e. The zero-order chi connectivity index (χ0) is 22.8. The molecule has 3 amide bonds. The number of esters is 1. The summed E-state index contributed by atoms with van der Waals surface area (Å²) in [7, 11) is 0. The van der Waals surface area contributed by atoms with E-state index >= 15 is 0 Å². The van der Waals surface area contributed by atoms with Crippen LogP contribution in [-0.4, -0.2) is 29.0 Å². The lowest BCUT2D eigenvalue weighted by atomic mass is 10.0. The number of benzene rings is 2. The number of fused-ring (bicyclic) bond motifs is 2. The fourth-order valence-corrected chi connectivity index (χ4v) is 3.89. The van der Waals surface area contributed by atoms with Gasteiger partial charge in [0.1, 0.15) is 0 Å². The molecule has 1 heterocycles. The summed E-state index contributed by atoms with van der Waals surface area (Å²) < 4.78 is 5.38. The Balaban J connectivity index is 1.75. The SMILES string of the molecule is CC(OC(=O)c1c2c(nc3ccccc13)/C(=C/c1ccc(Cl)cc1)CC2)C(=O)NC(N)=O. The molecule has 4 rings (SSSR count). The third kappa shape index (κ3) is 4.33. The maximum absolute atomic E-state index is 13.1. The zero-order valence-electron chi connectivity index (χ0n) is 17.2. The summed E-state index contributed by atoms with van der Waals surface area (Å²) >= 11 is 5.98. The van der Waals surface area contributed by atoms with Crippen LogP contribution in [0.1, 0.15) is 40.5 Å². The van der Waals surface area contributed by atoms with Crippen molar-refractivity contribution in [2.45, 2.75) is 25.9 Å². The van der Waals surface area contributed by atoms with Crippen molar-refractivity contribution >= 4 is 52.1 Å². The lowest BCUT2D eigenvalue weighted by Gasteiger charge is -2.15. The molecule has 0 saturated carbocycles. The first-order chi connectivity index (χ1) is 15.3. The van der Waals surface area contributed by atoms with E-state index < -0.39 is 24.0 Å². The van der Waals surface area contributed by atoms with Crippen LogP contribution in [0.2, 0.25) is 5.02 Å². The molecule has 162 valence electrons. The fourth-order valence-electron chi connectivity index (χ4n) is 3.77. The maximum atomic E-state index is 13.1. The number of allylic oxidation sites excluding steroid dienone is 1. The number of carbonyl (C=O) groups is 3. The van der Waals surface area contributed by atoms with Crippen LogP contribution < -0.4 is 11.1 Å².